The van der Waals surface area contributed by atoms with Gasteiger partial charge in [0.15, 0.2) is 0 Å². The molecule has 23 heteroatoms. The Kier molecular flexibility index (Phi) is 21.8. The lowest BCUT2D eigenvalue weighted by atomic mass is 10.0. The number of hydrogen-bond acceptors (Lipinski definition) is 17. The third-order valence-corrected chi connectivity index (χ3v) is 14.3. The van der Waals surface area contributed by atoms with E-state index < -0.39 is 17.7 Å². The van der Waals surface area contributed by atoms with Crippen molar-refractivity contribution < 1.29 is 61.9 Å². The van der Waals surface area contributed by atoms with E-state index in [1.165, 1.54) is 21.3 Å². The molecule has 3 aliphatic heterocycles. The molecule has 3 saturated heterocycles. The zero-order valence-corrected chi connectivity index (χ0v) is 50.3. The quantitative estimate of drug-likeness (QED) is 0.0678. The SMILES string of the molecule is COCC#Cc1cnc(OC[C@@H]2CCC(=O)N2)c2cc(OC)c(C(N)=O)cc12.COc1cc2c(OC[C@@H]3CCC(=O)N3)ncc(C#CCN(C)C)c2cc1C(N)=O.COc1cc2c(OC[C@@H]3CCC(=O)N3)ncc(C#Cc3ccc(C)cc3)c2cc1C(N)=O. The predicted octanol–water partition coefficient (Wildman–Crippen LogP) is 4.62. The van der Waals surface area contributed by atoms with Crippen LogP contribution < -0.4 is 61.6 Å². The number of methoxy groups -OCH3 is 4. The second-order valence-corrected chi connectivity index (χ2v) is 21.1. The van der Waals surface area contributed by atoms with E-state index >= 15 is 0 Å². The third-order valence-electron chi connectivity index (χ3n) is 14.3. The molecule has 3 aromatic heterocycles. The van der Waals surface area contributed by atoms with Crippen molar-refractivity contribution in [1.82, 2.24) is 35.8 Å². The Balaban J connectivity index is 0.000000173. The van der Waals surface area contributed by atoms with Crippen LogP contribution in [0.25, 0.3) is 32.3 Å². The van der Waals surface area contributed by atoms with Crippen molar-refractivity contribution >= 4 is 67.8 Å². The van der Waals surface area contributed by atoms with Gasteiger partial charge in [-0.2, -0.15) is 0 Å². The largest absolute Gasteiger partial charge is 0.496 e. The molecular formula is C66H68N10O13. The van der Waals surface area contributed by atoms with Gasteiger partial charge in [-0.15, -0.1) is 0 Å². The maximum atomic E-state index is 12.0. The van der Waals surface area contributed by atoms with Crippen LogP contribution in [0.1, 0.15) is 97.4 Å². The minimum Gasteiger partial charge on any atom is -0.496 e. The van der Waals surface area contributed by atoms with E-state index in [0.29, 0.717) is 142 Å². The Bertz CT molecular complexity index is 4060. The molecule has 89 heavy (non-hydrogen) atoms. The zero-order chi connectivity index (χ0) is 63.7. The number of primary amides is 3. The maximum Gasteiger partial charge on any atom is 0.252 e. The number of aryl methyl sites for hydroxylation is 1. The lowest BCUT2D eigenvalue weighted by Gasteiger charge is -2.15. The number of benzene rings is 4. The number of ether oxygens (including phenoxy) is 7. The van der Waals surface area contributed by atoms with Crippen molar-refractivity contribution in [2.24, 2.45) is 17.2 Å². The summed E-state index contributed by atoms with van der Waals surface area (Å²) in [4.78, 5) is 85.1. The van der Waals surface area contributed by atoms with E-state index in [1.807, 2.05) is 50.2 Å². The summed E-state index contributed by atoms with van der Waals surface area (Å²) >= 11 is 0. The number of amides is 6. The summed E-state index contributed by atoms with van der Waals surface area (Å²) in [5, 5.41) is 12.6. The van der Waals surface area contributed by atoms with Crippen LogP contribution in [0.2, 0.25) is 0 Å². The molecule has 460 valence electrons. The fraction of sp³-hybridized carbons (Fsp3) is 0.318. The highest BCUT2D eigenvalue weighted by molar-refractivity contribution is 6.05. The summed E-state index contributed by atoms with van der Waals surface area (Å²) in [7, 11) is 9.81. The summed E-state index contributed by atoms with van der Waals surface area (Å²) < 4.78 is 38.6. The van der Waals surface area contributed by atoms with Crippen molar-refractivity contribution in [2.75, 3.05) is 75.5 Å². The molecule has 6 amide bonds. The summed E-state index contributed by atoms with van der Waals surface area (Å²) in [5.74, 6) is 18.7. The number of aromatic nitrogens is 3. The summed E-state index contributed by atoms with van der Waals surface area (Å²) in [6, 6.07) is 17.7. The molecule has 6 heterocycles. The number of carbonyl (C=O) groups excluding carboxylic acids is 6. The Labute approximate surface area is 514 Å². The maximum absolute atomic E-state index is 12.0. The van der Waals surface area contributed by atoms with E-state index in [1.54, 1.807) is 62.1 Å². The summed E-state index contributed by atoms with van der Waals surface area (Å²) in [6.45, 7) is 3.76. The molecule has 0 bridgehead atoms. The van der Waals surface area contributed by atoms with Crippen LogP contribution in [0.3, 0.4) is 0 Å². The lowest BCUT2D eigenvalue weighted by molar-refractivity contribution is -0.120. The predicted molar refractivity (Wildman–Crippen MR) is 332 cm³/mol. The molecule has 0 unspecified atom stereocenters. The van der Waals surface area contributed by atoms with Crippen molar-refractivity contribution in [3.05, 3.63) is 124 Å². The average molecular weight is 1210 g/mol. The van der Waals surface area contributed by atoms with Crippen LogP contribution >= 0.6 is 0 Å². The van der Waals surface area contributed by atoms with Crippen LogP contribution in [-0.4, -0.2) is 149 Å². The molecule has 0 saturated carbocycles. The van der Waals surface area contributed by atoms with Gasteiger partial charge in [-0.3, -0.25) is 33.7 Å². The number of hydrogen-bond donors (Lipinski definition) is 6. The van der Waals surface area contributed by atoms with Crippen molar-refractivity contribution in [3.63, 3.8) is 0 Å². The number of pyridine rings is 3. The van der Waals surface area contributed by atoms with E-state index in [2.05, 4.69) is 66.4 Å². The average Bonchev–Trinajstić information content (AvgIpc) is 1.34. The number of carbonyl (C=O) groups is 6. The summed E-state index contributed by atoms with van der Waals surface area (Å²) in [5.41, 5.74) is 21.2. The van der Waals surface area contributed by atoms with E-state index in [-0.39, 0.29) is 59.1 Å². The molecule has 10 rings (SSSR count). The van der Waals surface area contributed by atoms with E-state index in [0.717, 1.165) is 17.5 Å². The zero-order valence-electron chi connectivity index (χ0n) is 50.3. The van der Waals surface area contributed by atoms with Gasteiger partial charge in [-0.25, -0.2) is 15.0 Å². The second-order valence-electron chi connectivity index (χ2n) is 21.1. The van der Waals surface area contributed by atoms with E-state index in [4.69, 9.17) is 50.4 Å². The topological polar surface area (TPSA) is 323 Å². The molecular weight excluding hydrogens is 1140 g/mol. The second kappa shape index (κ2) is 30.1. The highest BCUT2D eigenvalue weighted by Crippen LogP contribution is 2.36. The highest BCUT2D eigenvalue weighted by atomic mass is 16.5. The van der Waals surface area contributed by atoms with Crippen LogP contribution in [-0.2, 0) is 19.1 Å². The van der Waals surface area contributed by atoms with Gasteiger partial charge < -0.3 is 66.3 Å². The van der Waals surface area contributed by atoms with Gasteiger partial charge in [0, 0.05) is 82.8 Å². The monoisotopic (exact) mass is 1210 g/mol. The van der Waals surface area contributed by atoms with Gasteiger partial charge in [0.25, 0.3) is 17.7 Å². The molecule has 4 aromatic carbocycles. The van der Waals surface area contributed by atoms with Crippen LogP contribution in [0.5, 0.6) is 34.9 Å². The van der Waals surface area contributed by atoms with Crippen molar-refractivity contribution in [1.29, 1.82) is 0 Å². The molecule has 3 atom stereocenters. The minimum atomic E-state index is -0.609. The van der Waals surface area contributed by atoms with Crippen LogP contribution in [0.4, 0.5) is 0 Å². The molecule has 9 N–H and O–H groups in total. The first-order valence-electron chi connectivity index (χ1n) is 28.2. The molecule has 3 fully saturated rings. The molecule has 0 spiro atoms. The van der Waals surface area contributed by atoms with Crippen LogP contribution in [0.15, 0.2) is 79.3 Å². The van der Waals surface area contributed by atoms with Gasteiger partial charge >= 0.3 is 0 Å². The number of nitrogens with zero attached hydrogens (tertiary/aromatic N) is 4. The number of fused-ring (bicyclic) bond motifs is 3. The van der Waals surface area contributed by atoms with Crippen molar-refractivity contribution in [2.45, 2.75) is 63.6 Å². The first kappa shape index (κ1) is 64.3. The van der Waals surface area contributed by atoms with Gasteiger partial charge in [0.2, 0.25) is 35.4 Å². The number of rotatable bonds is 17. The molecule has 3 aliphatic rings. The highest BCUT2D eigenvalue weighted by Gasteiger charge is 2.26. The minimum absolute atomic E-state index is 0.0166. The van der Waals surface area contributed by atoms with E-state index in [9.17, 15) is 28.8 Å². The third kappa shape index (κ3) is 16.7. The van der Waals surface area contributed by atoms with Crippen LogP contribution in [0, 0.1) is 42.4 Å². The molecule has 7 aromatic rings. The Morgan fingerprint density at radius 1 is 0.517 bits per heavy atom. The smallest absolute Gasteiger partial charge is 0.252 e. The Morgan fingerprint density at radius 2 is 0.876 bits per heavy atom. The van der Waals surface area contributed by atoms with Gasteiger partial charge in [-0.05, 0) is 88.8 Å². The van der Waals surface area contributed by atoms with Gasteiger partial charge in [0.05, 0.1) is 79.4 Å². The molecule has 23 nitrogen and oxygen atoms in total. The number of nitrogens with one attached hydrogen (secondary N) is 3. The summed E-state index contributed by atoms with van der Waals surface area (Å²) in [6.07, 6.45) is 8.44. The number of nitrogens with two attached hydrogens (primary N) is 3. The Hall–Kier alpha value is -10.7. The van der Waals surface area contributed by atoms with Crippen molar-refractivity contribution in [3.8, 4) is 70.4 Å². The lowest BCUT2D eigenvalue weighted by Crippen LogP contribution is -2.31. The first-order chi connectivity index (χ1) is 42.9. The Morgan fingerprint density at radius 3 is 1.19 bits per heavy atom. The van der Waals surface area contributed by atoms with Gasteiger partial charge in [0.1, 0.15) is 43.7 Å². The first-order valence-corrected chi connectivity index (χ1v) is 28.2. The normalized spacial score (nSPS) is 15.5. The fourth-order valence-electron chi connectivity index (χ4n) is 9.67. The standard InChI is InChI=1S/C25H23N3O4.C21H24N4O4.C20H21N3O5/c1-15-3-5-16(6-4-15)7-8-17-13-27-25(32-14-18-9-10-23(29)28-18)20-12-22(31-2)21(24(26)30)11-19(17)20;1-25(2)8-4-5-13-11-23-21(29-12-14-6-7-19(26)24-14)16-10-18(28-3)17(20(22)27)9-15(13)16;1-26-7-3-4-12-10-22-20(28-11-13-5-6-18(24)23-13)15-9-17(27-2)16(19(21)25)8-14(12)15/h3-6,11-13,18H,9-10,14H2,1-2H3,(H2,26,30)(H,28,29);9-11,14H,6-8,12H2,1-3H3,(H2,22,27)(H,24,26);8-10,13H,5-7,11H2,1-2H3,(H2,21,25)(H,23,24)/t18-;14-;13-/m000/s1. The fourth-order valence-corrected chi connectivity index (χ4v) is 9.67. The van der Waals surface area contributed by atoms with Gasteiger partial charge in [-0.1, -0.05) is 53.2 Å². The molecule has 0 aliphatic carbocycles. The molecule has 0 radical (unpaired) electrons.